The van der Waals surface area contributed by atoms with Crippen LogP contribution in [-0.2, 0) is 0 Å². The minimum Gasteiger partial charge on any atom is -0.289 e. The van der Waals surface area contributed by atoms with Crippen LogP contribution in [0.3, 0.4) is 0 Å². The highest BCUT2D eigenvalue weighted by atomic mass is 32.1. The van der Waals surface area contributed by atoms with Gasteiger partial charge in [-0.05, 0) is 36.8 Å². The molecule has 1 rings (SSSR count). The quantitative estimate of drug-likeness (QED) is 0.418. The van der Waals surface area contributed by atoms with Crippen molar-refractivity contribution in [2.24, 2.45) is 0 Å². The molecule has 0 saturated carbocycles. The van der Waals surface area contributed by atoms with Crippen molar-refractivity contribution in [2.75, 3.05) is 0 Å². The lowest BCUT2D eigenvalue weighted by Crippen LogP contribution is -1.98. The molecule has 0 bridgehead atoms. The van der Waals surface area contributed by atoms with E-state index in [0.717, 1.165) is 4.90 Å². The summed E-state index contributed by atoms with van der Waals surface area (Å²) in [5, 5.41) is 0. The number of ketones is 1. The molecule has 0 atom stereocenters. The average Bonchev–Trinajstić information content (AvgIpc) is 2.04. The predicted molar refractivity (Wildman–Crippen MR) is 52.8 cm³/mol. The molecule has 0 spiro atoms. The Morgan fingerprint density at radius 3 is 2.25 bits per heavy atom. The van der Waals surface area contributed by atoms with Gasteiger partial charge in [0.15, 0.2) is 5.78 Å². The summed E-state index contributed by atoms with van der Waals surface area (Å²) < 4.78 is 0. The third kappa shape index (κ3) is 1.98. The number of hydrogen-bond donors (Lipinski definition) is 1. The molecule has 0 amide bonds. The van der Waals surface area contributed by atoms with Crippen LogP contribution in [0.15, 0.2) is 41.3 Å². The second-order valence-corrected chi connectivity index (χ2v) is 3.17. The lowest BCUT2D eigenvalue weighted by atomic mass is 10.1. The van der Waals surface area contributed by atoms with Crippen molar-refractivity contribution in [3.63, 3.8) is 0 Å². The Morgan fingerprint density at radius 2 is 1.83 bits per heavy atom. The largest absolute Gasteiger partial charge is 0.289 e. The van der Waals surface area contributed by atoms with Crippen molar-refractivity contribution in [3.05, 3.63) is 42.0 Å². The van der Waals surface area contributed by atoms with E-state index in [9.17, 15) is 4.79 Å². The molecule has 62 valence electrons. The van der Waals surface area contributed by atoms with Gasteiger partial charge in [0.05, 0.1) is 0 Å². The Balaban J connectivity index is 2.98. The Kier molecular flexibility index (Phi) is 2.71. The van der Waals surface area contributed by atoms with E-state index in [1.54, 1.807) is 31.2 Å². The van der Waals surface area contributed by atoms with E-state index in [1.807, 2.05) is 0 Å². The van der Waals surface area contributed by atoms with Crippen LogP contribution in [0.2, 0.25) is 0 Å². The molecule has 1 nitrogen and oxygen atoms in total. The fraction of sp³-hybridized carbons (Fsp3) is 0.100. The highest BCUT2D eigenvalue weighted by molar-refractivity contribution is 7.80. The van der Waals surface area contributed by atoms with Gasteiger partial charge in [-0.15, -0.1) is 12.6 Å². The maximum Gasteiger partial charge on any atom is 0.188 e. The topological polar surface area (TPSA) is 17.1 Å². The first-order chi connectivity index (χ1) is 5.61. The Bertz CT molecular complexity index is 311. The molecule has 0 aliphatic rings. The summed E-state index contributed by atoms with van der Waals surface area (Å²) >= 11 is 4.12. The van der Waals surface area contributed by atoms with Gasteiger partial charge in [-0.25, -0.2) is 0 Å². The smallest absolute Gasteiger partial charge is 0.188 e. The molecule has 0 saturated heterocycles. The van der Waals surface area contributed by atoms with Crippen LogP contribution in [0.25, 0.3) is 0 Å². The molecular weight excluding hydrogens is 168 g/mol. The van der Waals surface area contributed by atoms with E-state index in [1.165, 1.54) is 0 Å². The Labute approximate surface area is 77.5 Å². The molecule has 0 heterocycles. The highest BCUT2D eigenvalue weighted by Gasteiger charge is 2.04. The molecular formula is C10H10OS. The van der Waals surface area contributed by atoms with Crippen LogP contribution in [0, 0.1) is 0 Å². The number of hydrogen-bond acceptors (Lipinski definition) is 2. The SMILES string of the molecule is C=C(C)C(=O)c1ccc(S)cc1. The lowest BCUT2D eigenvalue weighted by Gasteiger charge is -1.98. The summed E-state index contributed by atoms with van der Waals surface area (Å²) in [5.41, 5.74) is 1.22. The van der Waals surface area contributed by atoms with Crippen molar-refractivity contribution in [2.45, 2.75) is 11.8 Å². The van der Waals surface area contributed by atoms with Gasteiger partial charge in [-0.1, -0.05) is 6.58 Å². The normalized spacial score (nSPS) is 9.50. The first kappa shape index (κ1) is 9.07. The molecule has 0 aromatic heterocycles. The number of Topliss-reactive ketones (excluding diaryl/α,β-unsaturated/α-hetero) is 1. The van der Waals surface area contributed by atoms with E-state index >= 15 is 0 Å². The van der Waals surface area contributed by atoms with E-state index < -0.39 is 0 Å². The first-order valence-corrected chi connectivity index (χ1v) is 4.05. The van der Waals surface area contributed by atoms with Crippen LogP contribution < -0.4 is 0 Å². The molecule has 12 heavy (non-hydrogen) atoms. The second-order valence-electron chi connectivity index (χ2n) is 2.66. The minimum absolute atomic E-state index is 0.0108. The van der Waals surface area contributed by atoms with Crippen LogP contribution in [0.1, 0.15) is 17.3 Å². The van der Waals surface area contributed by atoms with Gasteiger partial charge in [-0.2, -0.15) is 0 Å². The monoisotopic (exact) mass is 178 g/mol. The van der Waals surface area contributed by atoms with E-state index in [-0.39, 0.29) is 5.78 Å². The third-order valence-corrected chi connectivity index (χ3v) is 1.82. The predicted octanol–water partition coefficient (Wildman–Crippen LogP) is 2.73. The summed E-state index contributed by atoms with van der Waals surface area (Å²) in [6.07, 6.45) is 0. The van der Waals surface area contributed by atoms with Crippen molar-refractivity contribution in [1.29, 1.82) is 0 Å². The van der Waals surface area contributed by atoms with Crippen molar-refractivity contribution < 1.29 is 4.79 Å². The van der Waals surface area contributed by atoms with E-state index in [4.69, 9.17) is 0 Å². The maximum absolute atomic E-state index is 11.3. The number of allylic oxidation sites excluding steroid dienone is 1. The van der Waals surface area contributed by atoms with Gasteiger partial charge in [0.25, 0.3) is 0 Å². The van der Waals surface area contributed by atoms with Crippen LogP contribution >= 0.6 is 12.6 Å². The number of carbonyl (C=O) groups is 1. The highest BCUT2D eigenvalue weighted by Crippen LogP contribution is 2.10. The van der Waals surface area contributed by atoms with Gasteiger partial charge < -0.3 is 0 Å². The van der Waals surface area contributed by atoms with Gasteiger partial charge in [0, 0.05) is 10.5 Å². The molecule has 1 aromatic rings. The first-order valence-electron chi connectivity index (χ1n) is 3.60. The van der Waals surface area contributed by atoms with Gasteiger partial charge >= 0.3 is 0 Å². The molecule has 0 unspecified atom stereocenters. The number of rotatable bonds is 2. The number of thiol groups is 1. The van der Waals surface area contributed by atoms with Crippen molar-refractivity contribution in [1.82, 2.24) is 0 Å². The van der Waals surface area contributed by atoms with Crippen LogP contribution in [0.4, 0.5) is 0 Å². The molecule has 0 aliphatic heterocycles. The van der Waals surface area contributed by atoms with E-state index in [0.29, 0.717) is 11.1 Å². The van der Waals surface area contributed by atoms with Gasteiger partial charge in [0.1, 0.15) is 0 Å². The summed E-state index contributed by atoms with van der Waals surface area (Å²) in [7, 11) is 0. The lowest BCUT2D eigenvalue weighted by molar-refractivity contribution is 0.103. The van der Waals surface area contributed by atoms with Crippen molar-refractivity contribution >= 4 is 18.4 Å². The average molecular weight is 178 g/mol. The van der Waals surface area contributed by atoms with Crippen molar-refractivity contribution in [3.8, 4) is 0 Å². The fourth-order valence-electron chi connectivity index (χ4n) is 0.859. The van der Waals surface area contributed by atoms with Crippen LogP contribution in [-0.4, -0.2) is 5.78 Å². The second kappa shape index (κ2) is 3.59. The summed E-state index contributed by atoms with van der Waals surface area (Å²) in [5.74, 6) is -0.0108. The maximum atomic E-state index is 11.3. The zero-order valence-electron chi connectivity index (χ0n) is 6.87. The summed E-state index contributed by atoms with van der Waals surface area (Å²) in [6.45, 7) is 5.29. The third-order valence-electron chi connectivity index (χ3n) is 1.52. The van der Waals surface area contributed by atoms with Gasteiger partial charge in [-0.3, -0.25) is 4.79 Å². The summed E-state index contributed by atoms with van der Waals surface area (Å²) in [6, 6.07) is 7.08. The molecule has 0 radical (unpaired) electrons. The summed E-state index contributed by atoms with van der Waals surface area (Å²) in [4.78, 5) is 12.2. The zero-order valence-corrected chi connectivity index (χ0v) is 7.77. The molecule has 0 fully saturated rings. The van der Waals surface area contributed by atoms with Crippen LogP contribution in [0.5, 0.6) is 0 Å². The molecule has 0 aliphatic carbocycles. The molecule has 2 heteroatoms. The molecule has 0 N–H and O–H groups in total. The number of carbonyl (C=O) groups excluding carboxylic acids is 1. The Hall–Kier alpha value is -1.02. The Morgan fingerprint density at radius 1 is 1.33 bits per heavy atom. The number of benzene rings is 1. The minimum atomic E-state index is -0.0108. The van der Waals surface area contributed by atoms with Gasteiger partial charge in [0.2, 0.25) is 0 Å². The molecule has 1 aromatic carbocycles. The zero-order chi connectivity index (χ0) is 9.14. The fourth-order valence-corrected chi connectivity index (χ4v) is 1.01. The standard InChI is InChI=1S/C10H10OS/c1-7(2)10(11)8-3-5-9(12)6-4-8/h3-6,12H,1H2,2H3. The van der Waals surface area contributed by atoms with E-state index in [2.05, 4.69) is 19.2 Å².